The molecule has 1 heterocycles. The minimum atomic E-state index is 0.0414. The summed E-state index contributed by atoms with van der Waals surface area (Å²) in [7, 11) is 0. The van der Waals surface area contributed by atoms with E-state index in [-0.39, 0.29) is 6.04 Å². The van der Waals surface area contributed by atoms with Crippen molar-refractivity contribution in [1.29, 1.82) is 0 Å². The Labute approximate surface area is 111 Å². The lowest BCUT2D eigenvalue weighted by molar-refractivity contribution is 0.467. The Kier molecular flexibility index (Phi) is 3.65. The first-order valence-corrected chi connectivity index (χ1v) is 6.10. The SMILES string of the molecule is Cc1ccc(C(C)Nc2cccc(Cl)c2Cl)o1. The molecule has 0 bridgehead atoms. The maximum absolute atomic E-state index is 6.10. The summed E-state index contributed by atoms with van der Waals surface area (Å²) in [5, 5.41) is 4.34. The van der Waals surface area contributed by atoms with E-state index in [0.717, 1.165) is 17.2 Å². The fourth-order valence-corrected chi connectivity index (χ4v) is 1.96. The molecule has 0 aliphatic carbocycles. The zero-order chi connectivity index (χ0) is 12.4. The van der Waals surface area contributed by atoms with Gasteiger partial charge in [-0.1, -0.05) is 29.3 Å². The largest absolute Gasteiger partial charge is 0.464 e. The molecule has 0 amide bonds. The molecule has 2 nitrogen and oxygen atoms in total. The van der Waals surface area contributed by atoms with Crippen molar-refractivity contribution < 1.29 is 4.42 Å². The maximum Gasteiger partial charge on any atom is 0.126 e. The highest BCUT2D eigenvalue weighted by Crippen LogP contribution is 2.32. The van der Waals surface area contributed by atoms with Crippen LogP contribution in [0.3, 0.4) is 0 Å². The number of furan rings is 1. The van der Waals surface area contributed by atoms with Crippen LogP contribution in [-0.4, -0.2) is 0 Å². The Morgan fingerprint density at radius 2 is 1.94 bits per heavy atom. The second-order valence-electron chi connectivity index (χ2n) is 3.92. The van der Waals surface area contributed by atoms with E-state index in [9.17, 15) is 0 Å². The quantitative estimate of drug-likeness (QED) is 0.842. The van der Waals surface area contributed by atoms with Gasteiger partial charge in [0, 0.05) is 0 Å². The molecule has 1 aromatic heterocycles. The fourth-order valence-electron chi connectivity index (χ4n) is 1.61. The van der Waals surface area contributed by atoms with Gasteiger partial charge in [-0.25, -0.2) is 0 Å². The monoisotopic (exact) mass is 269 g/mol. The minimum absolute atomic E-state index is 0.0414. The van der Waals surface area contributed by atoms with E-state index in [1.165, 1.54) is 0 Å². The molecule has 2 aromatic rings. The average molecular weight is 270 g/mol. The van der Waals surface area contributed by atoms with Crippen molar-refractivity contribution in [2.24, 2.45) is 0 Å². The summed E-state index contributed by atoms with van der Waals surface area (Å²) >= 11 is 12.1. The molecule has 2 rings (SSSR count). The van der Waals surface area contributed by atoms with Crippen LogP contribution in [0.2, 0.25) is 10.0 Å². The van der Waals surface area contributed by atoms with Crippen LogP contribution in [0.1, 0.15) is 24.5 Å². The summed E-state index contributed by atoms with van der Waals surface area (Å²) in [6.07, 6.45) is 0. The van der Waals surface area contributed by atoms with Crippen molar-refractivity contribution in [1.82, 2.24) is 0 Å². The third-order valence-corrected chi connectivity index (χ3v) is 3.33. The van der Waals surface area contributed by atoms with E-state index in [0.29, 0.717) is 10.0 Å². The summed E-state index contributed by atoms with van der Waals surface area (Å²) in [4.78, 5) is 0. The third kappa shape index (κ3) is 2.76. The van der Waals surface area contributed by atoms with Crippen LogP contribution in [0, 0.1) is 6.92 Å². The molecule has 0 aliphatic heterocycles. The van der Waals surface area contributed by atoms with Gasteiger partial charge in [0.2, 0.25) is 0 Å². The van der Waals surface area contributed by atoms with Gasteiger partial charge in [-0.15, -0.1) is 0 Å². The topological polar surface area (TPSA) is 25.2 Å². The van der Waals surface area contributed by atoms with Gasteiger partial charge >= 0.3 is 0 Å². The minimum Gasteiger partial charge on any atom is -0.464 e. The first-order chi connectivity index (χ1) is 8.08. The lowest BCUT2D eigenvalue weighted by Crippen LogP contribution is -2.05. The maximum atomic E-state index is 6.10. The lowest BCUT2D eigenvalue weighted by atomic mass is 10.2. The van der Waals surface area contributed by atoms with Crippen LogP contribution < -0.4 is 5.32 Å². The normalized spacial score (nSPS) is 12.5. The number of rotatable bonds is 3. The zero-order valence-corrected chi connectivity index (χ0v) is 11.1. The number of benzene rings is 1. The number of hydrogen-bond donors (Lipinski definition) is 1. The average Bonchev–Trinajstić information content (AvgIpc) is 2.72. The van der Waals surface area contributed by atoms with Gasteiger partial charge in [-0.05, 0) is 38.1 Å². The highest BCUT2D eigenvalue weighted by molar-refractivity contribution is 6.43. The molecule has 0 radical (unpaired) electrons. The molecule has 0 spiro atoms. The number of halogens is 2. The van der Waals surface area contributed by atoms with Crippen molar-refractivity contribution >= 4 is 28.9 Å². The number of aryl methyl sites for hydroxylation is 1. The molecule has 0 saturated heterocycles. The van der Waals surface area contributed by atoms with E-state index >= 15 is 0 Å². The number of hydrogen-bond acceptors (Lipinski definition) is 2. The fraction of sp³-hybridized carbons (Fsp3) is 0.231. The Balaban J connectivity index is 2.18. The van der Waals surface area contributed by atoms with Crippen molar-refractivity contribution in [2.75, 3.05) is 5.32 Å². The van der Waals surface area contributed by atoms with Crippen molar-refractivity contribution in [3.05, 3.63) is 51.9 Å². The van der Waals surface area contributed by atoms with Crippen LogP contribution in [0.15, 0.2) is 34.7 Å². The zero-order valence-electron chi connectivity index (χ0n) is 9.63. The predicted octanol–water partition coefficient (Wildman–Crippen LogP) is 5.07. The molecule has 4 heteroatoms. The van der Waals surface area contributed by atoms with Gasteiger partial charge in [-0.2, -0.15) is 0 Å². The standard InChI is InChI=1S/C13H13Cl2NO/c1-8-6-7-12(17-8)9(2)16-11-5-3-4-10(14)13(11)15/h3-7,9,16H,1-2H3. The van der Waals surface area contributed by atoms with E-state index in [1.807, 2.05) is 38.1 Å². The van der Waals surface area contributed by atoms with Crippen LogP contribution in [0.5, 0.6) is 0 Å². The van der Waals surface area contributed by atoms with Crippen LogP contribution >= 0.6 is 23.2 Å². The first-order valence-electron chi connectivity index (χ1n) is 5.35. The predicted molar refractivity (Wildman–Crippen MR) is 71.9 cm³/mol. The Morgan fingerprint density at radius 3 is 2.59 bits per heavy atom. The van der Waals surface area contributed by atoms with Crippen molar-refractivity contribution in [2.45, 2.75) is 19.9 Å². The van der Waals surface area contributed by atoms with Crippen molar-refractivity contribution in [3.8, 4) is 0 Å². The van der Waals surface area contributed by atoms with Gasteiger partial charge < -0.3 is 9.73 Å². The highest BCUT2D eigenvalue weighted by Gasteiger charge is 2.12. The first kappa shape index (κ1) is 12.3. The van der Waals surface area contributed by atoms with E-state index in [4.69, 9.17) is 27.6 Å². The summed E-state index contributed by atoms with van der Waals surface area (Å²) in [6, 6.07) is 9.44. The second kappa shape index (κ2) is 5.03. The van der Waals surface area contributed by atoms with Gasteiger partial charge in [0.25, 0.3) is 0 Å². The molecule has 0 saturated carbocycles. The molecule has 90 valence electrons. The lowest BCUT2D eigenvalue weighted by Gasteiger charge is -2.14. The highest BCUT2D eigenvalue weighted by atomic mass is 35.5. The summed E-state index contributed by atoms with van der Waals surface area (Å²) in [5.41, 5.74) is 0.806. The molecule has 0 fully saturated rings. The van der Waals surface area contributed by atoms with E-state index in [1.54, 1.807) is 6.07 Å². The summed E-state index contributed by atoms with van der Waals surface area (Å²) in [6.45, 7) is 3.93. The molecule has 1 atom stereocenters. The van der Waals surface area contributed by atoms with Gasteiger partial charge in [0.15, 0.2) is 0 Å². The molecule has 1 N–H and O–H groups in total. The Hall–Kier alpha value is -1.12. The van der Waals surface area contributed by atoms with Gasteiger partial charge in [0.05, 0.1) is 21.8 Å². The second-order valence-corrected chi connectivity index (χ2v) is 4.70. The molecular formula is C13H13Cl2NO. The van der Waals surface area contributed by atoms with Crippen molar-refractivity contribution in [3.63, 3.8) is 0 Å². The number of anilines is 1. The Morgan fingerprint density at radius 1 is 1.18 bits per heavy atom. The van der Waals surface area contributed by atoms with Crippen LogP contribution in [0.4, 0.5) is 5.69 Å². The molecule has 1 aromatic carbocycles. The number of nitrogens with one attached hydrogen (secondary N) is 1. The molecule has 17 heavy (non-hydrogen) atoms. The molecular weight excluding hydrogens is 257 g/mol. The van der Waals surface area contributed by atoms with E-state index < -0.39 is 0 Å². The summed E-state index contributed by atoms with van der Waals surface area (Å²) < 4.78 is 5.55. The van der Waals surface area contributed by atoms with Crippen LogP contribution in [-0.2, 0) is 0 Å². The Bertz CT molecular complexity index is 522. The van der Waals surface area contributed by atoms with Gasteiger partial charge in [0.1, 0.15) is 11.5 Å². The van der Waals surface area contributed by atoms with Gasteiger partial charge in [-0.3, -0.25) is 0 Å². The van der Waals surface area contributed by atoms with Crippen LogP contribution in [0.25, 0.3) is 0 Å². The molecule has 0 aliphatic rings. The smallest absolute Gasteiger partial charge is 0.126 e. The third-order valence-electron chi connectivity index (χ3n) is 2.51. The molecule has 1 unspecified atom stereocenters. The van der Waals surface area contributed by atoms with E-state index in [2.05, 4.69) is 5.32 Å². The summed E-state index contributed by atoms with van der Waals surface area (Å²) in [5.74, 6) is 1.77.